The molecule has 29 heavy (non-hydrogen) atoms. The van der Waals surface area contributed by atoms with Crippen molar-refractivity contribution in [2.45, 2.75) is 32.5 Å². The summed E-state index contributed by atoms with van der Waals surface area (Å²) < 4.78 is 48.6. The molecule has 0 radical (unpaired) electrons. The zero-order valence-electron chi connectivity index (χ0n) is 16.2. The highest BCUT2D eigenvalue weighted by atomic mass is 19.4. The van der Waals surface area contributed by atoms with E-state index in [1.807, 2.05) is 0 Å². The minimum atomic E-state index is -4.44. The summed E-state index contributed by atoms with van der Waals surface area (Å²) in [5.41, 5.74) is -0.685. The van der Waals surface area contributed by atoms with Gasteiger partial charge in [-0.3, -0.25) is 4.79 Å². The zero-order chi connectivity index (χ0) is 20.9. The van der Waals surface area contributed by atoms with Crippen LogP contribution in [0.5, 0.6) is 5.75 Å². The number of piperidine rings is 1. The van der Waals surface area contributed by atoms with Crippen molar-refractivity contribution < 1.29 is 27.2 Å². The Kier molecular flexibility index (Phi) is 6.79. The van der Waals surface area contributed by atoms with Crippen LogP contribution >= 0.6 is 0 Å². The van der Waals surface area contributed by atoms with Gasteiger partial charge >= 0.3 is 6.18 Å². The molecule has 9 heteroatoms. The number of rotatable bonds is 7. The van der Waals surface area contributed by atoms with Gasteiger partial charge in [0.05, 0.1) is 5.56 Å². The number of amides is 1. The van der Waals surface area contributed by atoms with Crippen molar-refractivity contribution in [1.29, 1.82) is 0 Å². The van der Waals surface area contributed by atoms with Crippen LogP contribution in [0.25, 0.3) is 0 Å². The summed E-state index contributed by atoms with van der Waals surface area (Å²) >= 11 is 0. The van der Waals surface area contributed by atoms with Crippen molar-refractivity contribution in [3.63, 3.8) is 0 Å². The average Bonchev–Trinajstić information content (AvgIpc) is 3.15. The highest BCUT2D eigenvalue weighted by molar-refractivity contribution is 5.92. The maximum atomic E-state index is 12.7. The molecule has 1 aliphatic heterocycles. The molecule has 158 valence electrons. The summed E-state index contributed by atoms with van der Waals surface area (Å²) in [6, 6.07) is 5.98. The number of hydrogen-bond donors (Lipinski definition) is 1. The molecule has 1 fully saturated rings. The number of nitrogens with one attached hydrogen (secondary N) is 1. The lowest BCUT2D eigenvalue weighted by Crippen LogP contribution is -2.40. The van der Waals surface area contributed by atoms with Crippen LogP contribution in [0.1, 0.15) is 41.6 Å². The summed E-state index contributed by atoms with van der Waals surface area (Å²) in [6.45, 7) is 5.46. The van der Waals surface area contributed by atoms with Crippen molar-refractivity contribution in [1.82, 2.24) is 15.4 Å². The van der Waals surface area contributed by atoms with Gasteiger partial charge in [-0.05, 0) is 43.5 Å². The van der Waals surface area contributed by atoms with E-state index in [-0.39, 0.29) is 29.7 Å². The minimum Gasteiger partial charge on any atom is -0.486 e. The molecule has 1 atom stereocenters. The SMILES string of the molecule is CC1CCCN(CCNC(=O)c2cc(COc3cccc(C(F)(F)F)c3)on2)C1. The molecule has 6 nitrogen and oxygen atoms in total. The molecule has 1 aliphatic rings. The van der Waals surface area contributed by atoms with Crippen molar-refractivity contribution in [2.24, 2.45) is 5.92 Å². The number of halogens is 3. The molecule has 0 aliphatic carbocycles. The van der Waals surface area contributed by atoms with Gasteiger partial charge in [0.1, 0.15) is 12.4 Å². The Morgan fingerprint density at radius 3 is 2.97 bits per heavy atom. The molecule has 1 amide bonds. The van der Waals surface area contributed by atoms with Gasteiger partial charge in [-0.1, -0.05) is 18.1 Å². The van der Waals surface area contributed by atoms with Crippen LogP contribution in [-0.4, -0.2) is 42.1 Å². The number of nitrogens with zero attached hydrogens (tertiary/aromatic N) is 2. The van der Waals surface area contributed by atoms with E-state index in [9.17, 15) is 18.0 Å². The van der Waals surface area contributed by atoms with Gasteiger partial charge in [-0.25, -0.2) is 0 Å². The minimum absolute atomic E-state index is 0.0537. The van der Waals surface area contributed by atoms with E-state index in [1.54, 1.807) is 0 Å². The first kappa shape index (κ1) is 21.2. The molecule has 0 spiro atoms. The number of carbonyl (C=O) groups is 1. The molecule has 1 aromatic carbocycles. The van der Waals surface area contributed by atoms with Crippen molar-refractivity contribution in [2.75, 3.05) is 26.2 Å². The number of likely N-dealkylation sites (tertiary alicyclic amines) is 1. The normalized spacial score (nSPS) is 17.9. The first-order valence-electron chi connectivity index (χ1n) is 9.57. The third kappa shape index (κ3) is 6.22. The number of benzene rings is 1. The monoisotopic (exact) mass is 411 g/mol. The third-order valence-electron chi connectivity index (χ3n) is 4.79. The lowest BCUT2D eigenvalue weighted by atomic mass is 10.0. The molecule has 0 bridgehead atoms. The quantitative estimate of drug-likeness (QED) is 0.752. The van der Waals surface area contributed by atoms with Crippen molar-refractivity contribution >= 4 is 5.91 Å². The fraction of sp³-hybridized carbons (Fsp3) is 0.500. The van der Waals surface area contributed by atoms with Gasteiger partial charge in [0.2, 0.25) is 0 Å². The van der Waals surface area contributed by atoms with Gasteiger partial charge in [0.25, 0.3) is 5.91 Å². The molecule has 2 aromatic rings. The van der Waals surface area contributed by atoms with Gasteiger partial charge < -0.3 is 19.5 Å². The molecular weight excluding hydrogens is 387 g/mol. The standard InChI is InChI=1S/C20H24F3N3O3/c1-14-4-3-8-26(12-14)9-7-24-19(27)18-11-17(29-25-18)13-28-16-6-2-5-15(10-16)20(21,22)23/h2,5-6,10-11,14H,3-4,7-9,12-13H2,1H3,(H,24,27). The second-order valence-electron chi connectivity index (χ2n) is 7.30. The number of ether oxygens (including phenoxy) is 1. The van der Waals surface area contributed by atoms with Gasteiger partial charge in [-0.15, -0.1) is 0 Å². The number of hydrogen-bond acceptors (Lipinski definition) is 5. The van der Waals surface area contributed by atoms with Gasteiger partial charge in [0, 0.05) is 25.7 Å². The Bertz CT molecular complexity index is 823. The Hall–Kier alpha value is -2.55. The van der Waals surface area contributed by atoms with Crippen LogP contribution in [-0.2, 0) is 12.8 Å². The van der Waals surface area contributed by atoms with Gasteiger partial charge in [0.15, 0.2) is 11.5 Å². The summed E-state index contributed by atoms with van der Waals surface area (Å²) in [5.74, 6) is 0.619. The molecule has 1 unspecified atom stereocenters. The smallest absolute Gasteiger partial charge is 0.416 e. The second-order valence-corrected chi connectivity index (χ2v) is 7.30. The summed E-state index contributed by atoms with van der Waals surface area (Å²) in [4.78, 5) is 14.5. The first-order valence-corrected chi connectivity index (χ1v) is 9.57. The lowest BCUT2D eigenvalue weighted by molar-refractivity contribution is -0.137. The van der Waals surface area contributed by atoms with E-state index in [1.165, 1.54) is 31.0 Å². The van der Waals surface area contributed by atoms with Gasteiger partial charge in [-0.2, -0.15) is 13.2 Å². The number of carbonyl (C=O) groups excluding carboxylic acids is 1. The zero-order valence-corrected chi connectivity index (χ0v) is 16.2. The Labute approximate surface area is 167 Å². The predicted molar refractivity (Wildman–Crippen MR) is 99.5 cm³/mol. The summed E-state index contributed by atoms with van der Waals surface area (Å²) in [6.07, 6.45) is -2.02. The van der Waals surface area contributed by atoms with Crippen molar-refractivity contribution in [3.8, 4) is 5.75 Å². The third-order valence-corrected chi connectivity index (χ3v) is 4.79. The fourth-order valence-electron chi connectivity index (χ4n) is 3.31. The molecule has 1 N–H and O–H groups in total. The van der Waals surface area contributed by atoms with Crippen LogP contribution in [0.4, 0.5) is 13.2 Å². The van der Waals surface area contributed by atoms with E-state index in [0.717, 1.165) is 31.8 Å². The Morgan fingerprint density at radius 1 is 1.38 bits per heavy atom. The van der Waals surface area contributed by atoms with Crippen molar-refractivity contribution in [3.05, 3.63) is 47.3 Å². The number of alkyl halides is 3. The molecule has 0 saturated carbocycles. The summed E-state index contributed by atoms with van der Waals surface area (Å²) in [7, 11) is 0. The van der Waals surface area contributed by atoms with Crippen LogP contribution in [0.2, 0.25) is 0 Å². The Morgan fingerprint density at radius 2 is 2.21 bits per heavy atom. The van der Waals surface area contributed by atoms with Crippen LogP contribution < -0.4 is 10.1 Å². The fourth-order valence-corrected chi connectivity index (χ4v) is 3.31. The topological polar surface area (TPSA) is 67.6 Å². The molecule has 1 saturated heterocycles. The maximum Gasteiger partial charge on any atom is 0.416 e. The van der Waals surface area contributed by atoms with E-state index in [4.69, 9.17) is 9.26 Å². The molecule has 1 aromatic heterocycles. The molecular formula is C20H24F3N3O3. The van der Waals surface area contributed by atoms with E-state index in [0.29, 0.717) is 12.5 Å². The van der Waals surface area contributed by atoms with Crippen LogP contribution in [0.3, 0.4) is 0 Å². The molecule has 2 heterocycles. The predicted octanol–water partition coefficient (Wildman–Crippen LogP) is 3.73. The maximum absolute atomic E-state index is 12.7. The van der Waals surface area contributed by atoms with E-state index in [2.05, 4.69) is 22.3 Å². The molecule has 3 rings (SSSR count). The highest BCUT2D eigenvalue weighted by Gasteiger charge is 2.30. The second kappa shape index (κ2) is 9.30. The lowest BCUT2D eigenvalue weighted by Gasteiger charge is -2.30. The number of aromatic nitrogens is 1. The summed E-state index contributed by atoms with van der Waals surface area (Å²) in [5, 5.41) is 6.51. The largest absolute Gasteiger partial charge is 0.486 e. The highest BCUT2D eigenvalue weighted by Crippen LogP contribution is 2.31. The average molecular weight is 411 g/mol. The van der Waals surface area contributed by atoms with E-state index < -0.39 is 11.7 Å². The van der Waals surface area contributed by atoms with E-state index >= 15 is 0 Å². The first-order chi connectivity index (χ1) is 13.8. The van der Waals surface area contributed by atoms with Crippen LogP contribution in [0.15, 0.2) is 34.9 Å². The van der Waals surface area contributed by atoms with Crippen LogP contribution in [0, 0.1) is 5.92 Å². The Balaban J connectivity index is 1.46.